The van der Waals surface area contributed by atoms with E-state index in [-0.39, 0.29) is 17.9 Å². The molecule has 1 aromatic carbocycles. The lowest BCUT2D eigenvalue weighted by atomic mass is 10.1. The molecule has 5 nitrogen and oxygen atoms in total. The fraction of sp³-hybridized carbons (Fsp3) is 0.550. The lowest BCUT2D eigenvalue weighted by molar-refractivity contribution is -0.274. The van der Waals surface area contributed by atoms with Gasteiger partial charge in [-0.15, -0.1) is 13.2 Å². The first kappa shape index (κ1) is 22.1. The Kier molecular flexibility index (Phi) is 6.64. The van der Waals surface area contributed by atoms with Crippen LogP contribution in [0.25, 0.3) is 6.08 Å². The van der Waals surface area contributed by atoms with Crippen LogP contribution < -0.4 is 4.74 Å². The van der Waals surface area contributed by atoms with Crippen LogP contribution in [-0.4, -0.2) is 53.5 Å². The average Bonchev–Trinajstić information content (AvgIpc) is 2.53. The Morgan fingerprint density at radius 1 is 1.25 bits per heavy atom. The van der Waals surface area contributed by atoms with Crippen LogP contribution in [-0.2, 0) is 11.3 Å². The van der Waals surface area contributed by atoms with Gasteiger partial charge in [-0.3, -0.25) is 4.90 Å². The van der Waals surface area contributed by atoms with E-state index in [1.807, 2.05) is 27.7 Å². The zero-order valence-corrected chi connectivity index (χ0v) is 16.7. The van der Waals surface area contributed by atoms with E-state index in [0.29, 0.717) is 37.3 Å². The van der Waals surface area contributed by atoms with Gasteiger partial charge in [-0.1, -0.05) is 18.7 Å². The summed E-state index contributed by atoms with van der Waals surface area (Å²) in [4.78, 5) is 16.0. The number of alkyl halides is 3. The lowest BCUT2D eigenvalue weighted by Gasteiger charge is -2.40. The minimum Gasteiger partial charge on any atom is -0.444 e. The van der Waals surface area contributed by atoms with Crippen LogP contribution in [0.5, 0.6) is 5.75 Å². The van der Waals surface area contributed by atoms with Crippen molar-refractivity contribution in [1.82, 2.24) is 9.80 Å². The summed E-state index contributed by atoms with van der Waals surface area (Å²) in [5, 5.41) is 0. The Bertz CT molecular complexity index is 714. The monoisotopic (exact) mass is 400 g/mol. The van der Waals surface area contributed by atoms with Crippen molar-refractivity contribution >= 4 is 12.2 Å². The van der Waals surface area contributed by atoms with Crippen LogP contribution in [0.3, 0.4) is 0 Å². The van der Waals surface area contributed by atoms with Gasteiger partial charge in [0.25, 0.3) is 0 Å². The molecular weight excluding hydrogens is 373 g/mol. The molecule has 1 fully saturated rings. The van der Waals surface area contributed by atoms with Crippen LogP contribution in [0.2, 0.25) is 0 Å². The average molecular weight is 400 g/mol. The van der Waals surface area contributed by atoms with Crippen LogP contribution >= 0.6 is 0 Å². The van der Waals surface area contributed by atoms with Crippen molar-refractivity contribution in [3.05, 3.63) is 35.9 Å². The maximum atomic E-state index is 12.6. The number of amides is 1. The summed E-state index contributed by atoms with van der Waals surface area (Å²) in [6, 6.07) is 4.49. The Labute approximate surface area is 163 Å². The fourth-order valence-corrected chi connectivity index (χ4v) is 3.04. The maximum absolute atomic E-state index is 12.6. The van der Waals surface area contributed by atoms with E-state index in [0.717, 1.165) is 0 Å². The molecule has 0 saturated carbocycles. The lowest BCUT2D eigenvalue weighted by Crippen LogP contribution is -2.54. The molecule has 1 amide bonds. The van der Waals surface area contributed by atoms with Gasteiger partial charge in [-0.2, -0.15) is 0 Å². The molecule has 1 aliphatic rings. The van der Waals surface area contributed by atoms with E-state index in [1.165, 1.54) is 18.2 Å². The van der Waals surface area contributed by atoms with Crippen LogP contribution in [0, 0.1) is 0 Å². The summed E-state index contributed by atoms with van der Waals surface area (Å²) >= 11 is 0. The van der Waals surface area contributed by atoms with Gasteiger partial charge in [-0.05, 0) is 51.0 Å². The van der Waals surface area contributed by atoms with E-state index in [9.17, 15) is 18.0 Å². The highest BCUT2D eigenvalue weighted by Crippen LogP contribution is 2.27. The number of piperazine rings is 1. The minimum absolute atomic E-state index is 0.0284. The third-order valence-corrected chi connectivity index (χ3v) is 4.26. The van der Waals surface area contributed by atoms with Gasteiger partial charge in [0.15, 0.2) is 0 Å². The smallest absolute Gasteiger partial charge is 0.444 e. The van der Waals surface area contributed by atoms with E-state index < -0.39 is 12.0 Å². The number of hydrogen-bond acceptors (Lipinski definition) is 4. The summed E-state index contributed by atoms with van der Waals surface area (Å²) in [5.74, 6) is -0.264. The normalized spacial score (nSPS) is 18.7. The van der Waals surface area contributed by atoms with E-state index in [4.69, 9.17) is 4.74 Å². The molecule has 0 spiro atoms. The molecule has 28 heavy (non-hydrogen) atoms. The molecular formula is C20H27F3N2O3. The standard InChI is InChI=1S/C20H27F3N2O3/c1-6-15-9-16(11-17(10-15)27-20(21,22)23)13-24-7-8-25(12-14(24)2)18(26)28-19(3,4)5/h6,9-11,14H,1,7-8,12-13H2,2-5H3/t14-/m0/s1. The first-order valence-corrected chi connectivity index (χ1v) is 9.10. The second kappa shape index (κ2) is 8.43. The third kappa shape index (κ3) is 6.74. The van der Waals surface area contributed by atoms with Crippen molar-refractivity contribution in [1.29, 1.82) is 0 Å². The van der Waals surface area contributed by atoms with Crippen LogP contribution in [0.1, 0.15) is 38.8 Å². The van der Waals surface area contributed by atoms with E-state index >= 15 is 0 Å². The van der Waals surface area contributed by atoms with Gasteiger partial charge >= 0.3 is 12.5 Å². The summed E-state index contributed by atoms with van der Waals surface area (Å²) in [7, 11) is 0. The summed E-state index contributed by atoms with van der Waals surface area (Å²) in [6.07, 6.45) is -3.62. The van der Waals surface area contributed by atoms with Crippen LogP contribution in [0.4, 0.5) is 18.0 Å². The number of hydrogen-bond donors (Lipinski definition) is 0. The van der Waals surface area contributed by atoms with Crippen molar-refractivity contribution in [2.75, 3.05) is 19.6 Å². The number of carbonyl (C=O) groups excluding carboxylic acids is 1. The number of ether oxygens (including phenoxy) is 2. The largest absolute Gasteiger partial charge is 0.573 e. The summed E-state index contributed by atoms with van der Waals surface area (Å²) < 4.78 is 47.1. The Morgan fingerprint density at radius 3 is 2.46 bits per heavy atom. The second-order valence-electron chi connectivity index (χ2n) is 7.91. The molecule has 2 rings (SSSR count). The molecule has 1 saturated heterocycles. The molecule has 1 aromatic rings. The topological polar surface area (TPSA) is 42.0 Å². The van der Waals surface area contributed by atoms with Gasteiger partial charge in [0.05, 0.1) is 0 Å². The summed E-state index contributed by atoms with van der Waals surface area (Å²) in [5.41, 5.74) is 0.684. The highest BCUT2D eigenvalue weighted by molar-refractivity contribution is 5.68. The van der Waals surface area contributed by atoms with Gasteiger partial charge < -0.3 is 14.4 Å². The van der Waals surface area contributed by atoms with Gasteiger partial charge in [-0.25, -0.2) is 4.79 Å². The van der Waals surface area contributed by atoms with E-state index in [2.05, 4.69) is 16.2 Å². The predicted molar refractivity (Wildman–Crippen MR) is 101 cm³/mol. The molecule has 0 unspecified atom stereocenters. The zero-order valence-electron chi connectivity index (χ0n) is 16.7. The molecule has 1 heterocycles. The van der Waals surface area contributed by atoms with Crippen molar-refractivity contribution < 1.29 is 27.4 Å². The fourth-order valence-electron chi connectivity index (χ4n) is 3.04. The molecule has 0 bridgehead atoms. The van der Waals surface area contributed by atoms with Crippen LogP contribution in [0.15, 0.2) is 24.8 Å². The predicted octanol–water partition coefficient (Wildman–Crippen LogP) is 4.67. The number of nitrogens with zero attached hydrogens (tertiary/aromatic N) is 2. The quantitative estimate of drug-likeness (QED) is 0.737. The highest BCUT2D eigenvalue weighted by Gasteiger charge is 2.32. The molecule has 156 valence electrons. The zero-order chi connectivity index (χ0) is 21.1. The number of rotatable bonds is 4. The van der Waals surface area contributed by atoms with Gasteiger partial charge in [0, 0.05) is 32.2 Å². The van der Waals surface area contributed by atoms with Crippen molar-refractivity contribution in [3.63, 3.8) is 0 Å². The molecule has 0 radical (unpaired) electrons. The van der Waals surface area contributed by atoms with E-state index in [1.54, 1.807) is 11.0 Å². The second-order valence-corrected chi connectivity index (χ2v) is 7.91. The summed E-state index contributed by atoms with van der Waals surface area (Å²) in [6.45, 7) is 13.1. The molecule has 0 aromatic heterocycles. The van der Waals surface area contributed by atoms with Crippen molar-refractivity contribution in [3.8, 4) is 5.75 Å². The number of carbonyl (C=O) groups is 1. The molecule has 1 atom stereocenters. The SMILES string of the molecule is C=Cc1cc(CN2CCN(C(=O)OC(C)(C)C)C[C@@H]2C)cc(OC(F)(F)F)c1. The minimum atomic E-state index is -4.75. The molecule has 0 N–H and O–H groups in total. The highest BCUT2D eigenvalue weighted by atomic mass is 19.4. The third-order valence-electron chi connectivity index (χ3n) is 4.26. The number of benzene rings is 1. The first-order valence-electron chi connectivity index (χ1n) is 9.10. The molecule has 8 heteroatoms. The van der Waals surface area contributed by atoms with Crippen molar-refractivity contribution in [2.24, 2.45) is 0 Å². The number of halogens is 3. The molecule has 1 aliphatic heterocycles. The Morgan fingerprint density at radius 2 is 1.93 bits per heavy atom. The first-order chi connectivity index (χ1) is 12.9. The maximum Gasteiger partial charge on any atom is 0.573 e. The Balaban J connectivity index is 2.05. The van der Waals surface area contributed by atoms with Gasteiger partial charge in [0.2, 0.25) is 0 Å². The Hall–Kier alpha value is -2.22. The van der Waals surface area contributed by atoms with Crippen molar-refractivity contribution in [2.45, 2.75) is 52.2 Å². The van der Waals surface area contributed by atoms with Gasteiger partial charge in [0.1, 0.15) is 11.4 Å². The molecule has 0 aliphatic carbocycles.